The van der Waals surface area contributed by atoms with E-state index in [4.69, 9.17) is 21.1 Å². The molecule has 0 aliphatic heterocycles. The zero-order valence-electron chi connectivity index (χ0n) is 12.2. The third-order valence-corrected chi connectivity index (χ3v) is 3.03. The fourth-order valence-electron chi connectivity index (χ4n) is 1.89. The first kappa shape index (κ1) is 16.0. The molecule has 22 heavy (non-hydrogen) atoms. The zero-order valence-corrected chi connectivity index (χ0v) is 13.0. The van der Waals surface area contributed by atoms with Crippen molar-refractivity contribution in [2.24, 2.45) is 0 Å². The Hall–Kier alpha value is -2.34. The van der Waals surface area contributed by atoms with E-state index in [9.17, 15) is 9.59 Å². The number of benzene rings is 1. The maximum Gasteiger partial charge on any atom is 0.361 e. The molecule has 0 aliphatic rings. The van der Waals surface area contributed by atoms with Gasteiger partial charge in [0.1, 0.15) is 0 Å². The van der Waals surface area contributed by atoms with E-state index >= 15 is 0 Å². The number of carbonyl (C=O) groups excluding carboxylic acids is 1. The van der Waals surface area contributed by atoms with E-state index in [1.54, 1.807) is 38.1 Å². The molecule has 0 saturated carbocycles. The Balaban J connectivity index is 2.67. The molecule has 1 aromatic heterocycles. The molecule has 0 unspecified atom stereocenters. The Morgan fingerprint density at radius 3 is 2.50 bits per heavy atom. The van der Waals surface area contributed by atoms with Gasteiger partial charge in [0.05, 0.1) is 18.9 Å². The fourth-order valence-corrected chi connectivity index (χ4v) is 2.15. The molecule has 2 aromatic rings. The van der Waals surface area contributed by atoms with Gasteiger partial charge in [-0.25, -0.2) is 14.3 Å². The average Bonchev–Trinajstić information content (AvgIpc) is 2.51. The SMILES string of the molecule is CCOC(=O)c1nc(Cl)n(-c2ccccc2)c(=O)c1OCC. The second-order valence-corrected chi connectivity index (χ2v) is 4.53. The monoisotopic (exact) mass is 322 g/mol. The highest BCUT2D eigenvalue weighted by molar-refractivity contribution is 6.28. The van der Waals surface area contributed by atoms with Crippen molar-refractivity contribution in [1.29, 1.82) is 0 Å². The largest absolute Gasteiger partial charge is 0.486 e. The molecule has 0 saturated heterocycles. The number of esters is 1. The first-order chi connectivity index (χ1) is 10.6. The Kier molecular flexibility index (Phi) is 5.16. The Bertz CT molecular complexity index is 728. The van der Waals surface area contributed by atoms with E-state index in [2.05, 4.69) is 4.98 Å². The van der Waals surface area contributed by atoms with Gasteiger partial charge in [0.25, 0.3) is 0 Å². The summed E-state index contributed by atoms with van der Waals surface area (Å²) in [5.74, 6) is -0.917. The van der Waals surface area contributed by atoms with Crippen LogP contribution in [0.2, 0.25) is 5.28 Å². The Morgan fingerprint density at radius 1 is 1.23 bits per heavy atom. The summed E-state index contributed by atoms with van der Waals surface area (Å²) >= 11 is 6.07. The maximum absolute atomic E-state index is 12.6. The lowest BCUT2D eigenvalue weighted by atomic mass is 10.3. The van der Waals surface area contributed by atoms with Gasteiger partial charge in [0.2, 0.25) is 11.0 Å². The molecule has 1 heterocycles. The van der Waals surface area contributed by atoms with E-state index in [1.807, 2.05) is 6.07 Å². The molecule has 0 fully saturated rings. The van der Waals surface area contributed by atoms with Crippen molar-refractivity contribution in [3.63, 3.8) is 0 Å². The van der Waals surface area contributed by atoms with Crippen LogP contribution in [0.3, 0.4) is 0 Å². The van der Waals surface area contributed by atoms with Crippen LogP contribution in [-0.4, -0.2) is 28.7 Å². The topological polar surface area (TPSA) is 70.4 Å². The van der Waals surface area contributed by atoms with Crippen molar-refractivity contribution < 1.29 is 14.3 Å². The molecule has 7 heteroatoms. The van der Waals surface area contributed by atoms with Gasteiger partial charge < -0.3 is 9.47 Å². The smallest absolute Gasteiger partial charge is 0.361 e. The molecule has 2 rings (SSSR count). The highest BCUT2D eigenvalue weighted by Gasteiger charge is 2.24. The molecule has 0 bridgehead atoms. The average molecular weight is 323 g/mol. The minimum Gasteiger partial charge on any atom is -0.486 e. The normalized spacial score (nSPS) is 10.3. The van der Waals surface area contributed by atoms with Crippen molar-refractivity contribution in [2.45, 2.75) is 13.8 Å². The van der Waals surface area contributed by atoms with E-state index in [0.717, 1.165) is 0 Å². The molecule has 1 aromatic carbocycles. The van der Waals surface area contributed by atoms with Crippen LogP contribution >= 0.6 is 11.6 Å². The van der Waals surface area contributed by atoms with Crippen LogP contribution in [0, 0.1) is 0 Å². The second-order valence-electron chi connectivity index (χ2n) is 4.19. The lowest BCUT2D eigenvalue weighted by Crippen LogP contribution is -2.26. The summed E-state index contributed by atoms with van der Waals surface area (Å²) in [4.78, 5) is 28.5. The van der Waals surface area contributed by atoms with Crippen LogP contribution in [0.1, 0.15) is 24.3 Å². The summed E-state index contributed by atoms with van der Waals surface area (Å²) in [5.41, 5.74) is -0.247. The predicted octanol–water partition coefficient (Wildman–Crippen LogP) is 2.46. The zero-order chi connectivity index (χ0) is 16.1. The molecular formula is C15H15ClN2O4. The number of rotatable bonds is 5. The highest BCUT2D eigenvalue weighted by atomic mass is 35.5. The van der Waals surface area contributed by atoms with Crippen LogP contribution in [0.15, 0.2) is 35.1 Å². The molecule has 0 spiro atoms. The molecule has 0 N–H and O–H groups in total. The molecule has 0 amide bonds. The second kappa shape index (κ2) is 7.09. The lowest BCUT2D eigenvalue weighted by Gasteiger charge is -2.13. The molecule has 0 atom stereocenters. The summed E-state index contributed by atoms with van der Waals surface area (Å²) in [6, 6.07) is 8.74. The van der Waals surface area contributed by atoms with Gasteiger partial charge in [0.15, 0.2) is 5.69 Å². The van der Waals surface area contributed by atoms with Crippen molar-refractivity contribution in [3.05, 3.63) is 51.7 Å². The van der Waals surface area contributed by atoms with Gasteiger partial charge in [-0.2, -0.15) is 0 Å². The van der Waals surface area contributed by atoms with Crippen molar-refractivity contribution >= 4 is 17.6 Å². The van der Waals surface area contributed by atoms with Gasteiger partial charge in [-0.05, 0) is 37.6 Å². The van der Waals surface area contributed by atoms with E-state index in [0.29, 0.717) is 5.69 Å². The maximum atomic E-state index is 12.6. The number of hydrogen-bond acceptors (Lipinski definition) is 5. The number of aromatic nitrogens is 2. The van der Waals surface area contributed by atoms with Gasteiger partial charge in [-0.15, -0.1) is 0 Å². The number of nitrogens with zero attached hydrogens (tertiary/aromatic N) is 2. The minimum atomic E-state index is -0.745. The van der Waals surface area contributed by atoms with Gasteiger partial charge >= 0.3 is 11.5 Å². The number of halogens is 1. The third-order valence-electron chi connectivity index (χ3n) is 2.77. The first-order valence-corrected chi connectivity index (χ1v) is 7.15. The van der Waals surface area contributed by atoms with Crippen LogP contribution < -0.4 is 10.3 Å². The third kappa shape index (κ3) is 3.12. The van der Waals surface area contributed by atoms with Crippen LogP contribution in [0.4, 0.5) is 0 Å². The van der Waals surface area contributed by atoms with Gasteiger partial charge in [-0.3, -0.25) is 4.79 Å². The standard InChI is InChI=1S/C15H15ClN2O4/c1-3-21-12-11(14(20)22-4-2)17-15(16)18(13(12)19)10-8-6-5-7-9-10/h5-9H,3-4H2,1-2H3. The lowest BCUT2D eigenvalue weighted by molar-refractivity contribution is 0.0513. The van der Waals surface area contributed by atoms with Gasteiger partial charge in [0, 0.05) is 0 Å². The van der Waals surface area contributed by atoms with Crippen molar-refractivity contribution in [1.82, 2.24) is 9.55 Å². The number of carbonyl (C=O) groups is 1. The summed E-state index contributed by atoms with van der Waals surface area (Å²) in [5, 5.41) is -0.136. The number of hydrogen-bond donors (Lipinski definition) is 0. The molecule has 116 valence electrons. The van der Waals surface area contributed by atoms with Crippen molar-refractivity contribution in [3.8, 4) is 11.4 Å². The van der Waals surface area contributed by atoms with E-state index in [1.165, 1.54) is 4.57 Å². The molecule has 0 aliphatic carbocycles. The first-order valence-electron chi connectivity index (χ1n) is 6.78. The summed E-state index contributed by atoms with van der Waals surface area (Å²) in [7, 11) is 0. The predicted molar refractivity (Wildman–Crippen MR) is 82.0 cm³/mol. The number of para-hydroxylation sites is 1. The van der Waals surface area contributed by atoms with Crippen molar-refractivity contribution in [2.75, 3.05) is 13.2 Å². The number of ether oxygens (including phenoxy) is 2. The van der Waals surface area contributed by atoms with Crippen LogP contribution in [0.5, 0.6) is 5.75 Å². The fraction of sp³-hybridized carbons (Fsp3) is 0.267. The molecule has 0 radical (unpaired) electrons. The molecular weight excluding hydrogens is 308 g/mol. The molecule has 6 nitrogen and oxygen atoms in total. The van der Waals surface area contributed by atoms with E-state index in [-0.39, 0.29) is 29.9 Å². The Labute approximate surface area is 132 Å². The summed E-state index contributed by atoms with van der Waals surface area (Å²) in [6.45, 7) is 3.73. The minimum absolute atomic E-state index is 0.136. The Morgan fingerprint density at radius 2 is 1.91 bits per heavy atom. The summed E-state index contributed by atoms with van der Waals surface area (Å²) < 4.78 is 11.4. The van der Waals surface area contributed by atoms with E-state index < -0.39 is 11.5 Å². The van der Waals surface area contributed by atoms with Crippen LogP contribution in [-0.2, 0) is 4.74 Å². The van der Waals surface area contributed by atoms with Gasteiger partial charge in [-0.1, -0.05) is 18.2 Å². The van der Waals surface area contributed by atoms with Crippen LogP contribution in [0.25, 0.3) is 5.69 Å². The quantitative estimate of drug-likeness (QED) is 0.624. The highest BCUT2D eigenvalue weighted by Crippen LogP contribution is 2.19. The summed E-state index contributed by atoms with van der Waals surface area (Å²) in [6.07, 6.45) is 0.